The third-order valence-corrected chi connectivity index (χ3v) is 3.38. The molecule has 1 saturated heterocycles. The van der Waals surface area contributed by atoms with E-state index in [1.807, 2.05) is 12.1 Å². The first-order valence-electron chi connectivity index (χ1n) is 5.83. The fourth-order valence-corrected chi connectivity index (χ4v) is 2.33. The normalized spacial score (nSPS) is 18.6. The van der Waals surface area contributed by atoms with Gasteiger partial charge in [-0.25, -0.2) is 0 Å². The number of methoxy groups -OCH3 is 1. The number of ether oxygens (including phenoxy) is 1. The third-order valence-electron chi connectivity index (χ3n) is 3.38. The maximum atomic E-state index is 9.95. The quantitative estimate of drug-likeness (QED) is 0.851. The topological polar surface area (TPSA) is 32.7 Å². The van der Waals surface area contributed by atoms with Crippen LogP contribution in [0, 0.1) is 0 Å². The van der Waals surface area contributed by atoms with E-state index in [2.05, 4.69) is 11.8 Å². The number of rotatable bonds is 3. The molecule has 0 aromatic heterocycles. The lowest BCUT2D eigenvalue weighted by Gasteiger charge is -2.24. The highest BCUT2D eigenvalue weighted by atomic mass is 16.5. The summed E-state index contributed by atoms with van der Waals surface area (Å²) in [5.74, 6) is 1.04. The Labute approximate surface area is 96.6 Å². The van der Waals surface area contributed by atoms with Gasteiger partial charge in [0.1, 0.15) is 11.5 Å². The van der Waals surface area contributed by atoms with Gasteiger partial charge in [-0.15, -0.1) is 0 Å². The summed E-state index contributed by atoms with van der Waals surface area (Å²) in [6.07, 6.45) is 2.53. The summed E-state index contributed by atoms with van der Waals surface area (Å²) in [6, 6.07) is 5.83. The van der Waals surface area contributed by atoms with Crippen LogP contribution in [0.5, 0.6) is 11.5 Å². The lowest BCUT2D eigenvalue weighted by molar-refractivity contribution is 0.257. The van der Waals surface area contributed by atoms with Crippen LogP contribution >= 0.6 is 0 Å². The number of nitrogens with zero attached hydrogens (tertiary/aromatic N) is 1. The number of phenols is 1. The van der Waals surface area contributed by atoms with Crippen LogP contribution in [-0.4, -0.2) is 30.2 Å². The van der Waals surface area contributed by atoms with Crippen LogP contribution in [-0.2, 0) is 0 Å². The second-order valence-electron chi connectivity index (χ2n) is 4.34. The first kappa shape index (κ1) is 11.3. The number of hydrogen-bond acceptors (Lipinski definition) is 3. The van der Waals surface area contributed by atoms with Gasteiger partial charge in [-0.3, -0.25) is 4.90 Å². The van der Waals surface area contributed by atoms with Gasteiger partial charge in [0.05, 0.1) is 7.11 Å². The van der Waals surface area contributed by atoms with E-state index in [9.17, 15) is 5.11 Å². The summed E-state index contributed by atoms with van der Waals surface area (Å²) in [7, 11) is 1.61. The zero-order chi connectivity index (χ0) is 11.5. The van der Waals surface area contributed by atoms with E-state index in [4.69, 9.17) is 4.74 Å². The van der Waals surface area contributed by atoms with Crippen molar-refractivity contribution in [2.45, 2.75) is 25.8 Å². The zero-order valence-electron chi connectivity index (χ0n) is 9.94. The Kier molecular flexibility index (Phi) is 3.34. The summed E-state index contributed by atoms with van der Waals surface area (Å²) in [4.78, 5) is 2.40. The Hall–Kier alpha value is -1.22. The minimum atomic E-state index is 0.286. The smallest absolute Gasteiger partial charge is 0.124 e. The molecule has 1 N–H and O–H groups in total. The molecule has 2 rings (SSSR count). The molecule has 1 aromatic carbocycles. The molecule has 1 heterocycles. The number of phenolic OH excluding ortho intramolecular Hbond substituents is 1. The van der Waals surface area contributed by atoms with E-state index < -0.39 is 0 Å². The molecule has 1 aliphatic heterocycles. The molecule has 0 radical (unpaired) electrons. The van der Waals surface area contributed by atoms with Crippen molar-refractivity contribution >= 4 is 0 Å². The van der Waals surface area contributed by atoms with E-state index in [0.29, 0.717) is 11.5 Å². The van der Waals surface area contributed by atoms with Gasteiger partial charge in [-0.2, -0.15) is 0 Å². The van der Waals surface area contributed by atoms with E-state index in [0.717, 1.165) is 18.7 Å². The van der Waals surface area contributed by atoms with E-state index in [1.165, 1.54) is 12.8 Å². The second kappa shape index (κ2) is 4.74. The van der Waals surface area contributed by atoms with Gasteiger partial charge in [0.15, 0.2) is 0 Å². The van der Waals surface area contributed by atoms with E-state index in [-0.39, 0.29) is 6.04 Å². The first-order valence-corrected chi connectivity index (χ1v) is 5.83. The maximum absolute atomic E-state index is 9.95. The van der Waals surface area contributed by atoms with Gasteiger partial charge in [0.2, 0.25) is 0 Å². The van der Waals surface area contributed by atoms with Crippen molar-refractivity contribution in [2.24, 2.45) is 0 Å². The minimum Gasteiger partial charge on any atom is -0.507 e. The van der Waals surface area contributed by atoms with Crippen molar-refractivity contribution in [2.75, 3.05) is 20.2 Å². The van der Waals surface area contributed by atoms with E-state index in [1.54, 1.807) is 13.2 Å². The third kappa shape index (κ3) is 2.14. The number of likely N-dealkylation sites (tertiary alicyclic amines) is 1. The van der Waals surface area contributed by atoms with Gasteiger partial charge >= 0.3 is 0 Å². The molecule has 1 aliphatic rings. The second-order valence-corrected chi connectivity index (χ2v) is 4.34. The van der Waals surface area contributed by atoms with Crippen molar-refractivity contribution in [1.82, 2.24) is 4.90 Å². The molecule has 88 valence electrons. The van der Waals surface area contributed by atoms with Crippen molar-refractivity contribution < 1.29 is 9.84 Å². The van der Waals surface area contributed by atoms with Gasteiger partial charge < -0.3 is 9.84 Å². The summed E-state index contributed by atoms with van der Waals surface area (Å²) in [5, 5.41) is 9.95. The van der Waals surface area contributed by atoms with Crippen molar-refractivity contribution in [1.29, 1.82) is 0 Å². The summed E-state index contributed by atoms with van der Waals surface area (Å²) >= 11 is 0. The van der Waals surface area contributed by atoms with Crippen LogP contribution in [0.15, 0.2) is 18.2 Å². The highest BCUT2D eigenvalue weighted by molar-refractivity contribution is 5.41. The molecule has 3 nitrogen and oxygen atoms in total. The van der Waals surface area contributed by atoms with Crippen molar-refractivity contribution in [3.63, 3.8) is 0 Å². The number of aromatic hydroxyl groups is 1. The summed E-state index contributed by atoms with van der Waals surface area (Å²) < 4.78 is 5.08. The lowest BCUT2D eigenvalue weighted by atomic mass is 10.1. The molecule has 1 fully saturated rings. The van der Waals surface area contributed by atoms with Gasteiger partial charge in [0.25, 0.3) is 0 Å². The van der Waals surface area contributed by atoms with Gasteiger partial charge in [-0.05, 0) is 38.9 Å². The molecule has 16 heavy (non-hydrogen) atoms. The molecule has 1 aromatic rings. The van der Waals surface area contributed by atoms with E-state index >= 15 is 0 Å². The van der Waals surface area contributed by atoms with Crippen LogP contribution in [0.25, 0.3) is 0 Å². The zero-order valence-corrected chi connectivity index (χ0v) is 9.94. The Morgan fingerprint density at radius 1 is 1.31 bits per heavy atom. The standard InChI is InChI=1S/C13H19NO2/c1-10(14-7-3-4-8-14)12-6-5-11(16-2)9-13(12)15/h5-6,9-10,15H,3-4,7-8H2,1-2H3. The van der Waals surface area contributed by atoms with Gasteiger partial charge in [0, 0.05) is 17.7 Å². The first-order chi connectivity index (χ1) is 7.72. The molecule has 0 saturated carbocycles. The van der Waals surface area contributed by atoms with Crippen LogP contribution < -0.4 is 4.74 Å². The van der Waals surface area contributed by atoms with Crippen LogP contribution in [0.1, 0.15) is 31.4 Å². The highest BCUT2D eigenvalue weighted by Crippen LogP contribution is 2.32. The molecule has 1 atom stereocenters. The molecule has 1 unspecified atom stereocenters. The lowest BCUT2D eigenvalue weighted by Crippen LogP contribution is -2.23. The monoisotopic (exact) mass is 221 g/mol. The predicted molar refractivity (Wildman–Crippen MR) is 63.9 cm³/mol. The largest absolute Gasteiger partial charge is 0.507 e. The fraction of sp³-hybridized carbons (Fsp3) is 0.538. The summed E-state index contributed by atoms with van der Waals surface area (Å²) in [5.41, 5.74) is 0.989. The SMILES string of the molecule is COc1ccc(C(C)N2CCCC2)c(O)c1. The van der Waals surface area contributed by atoms with Crippen molar-refractivity contribution in [3.05, 3.63) is 23.8 Å². The Balaban J connectivity index is 2.19. The minimum absolute atomic E-state index is 0.286. The Morgan fingerprint density at radius 3 is 2.56 bits per heavy atom. The molecule has 0 spiro atoms. The molecule has 0 bridgehead atoms. The van der Waals surface area contributed by atoms with Crippen LogP contribution in [0.4, 0.5) is 0 Å². The van der Waals surface area contributed by atoms with Crippen molar-refractivity contribution in [3.8, 4) is 11.5 Å². The summed E-state index contributed by atoms with van der Waals surface area (Å²) in [6.45, 7) is 4.41. The average molecular weight is 221 g/mol. The average Bonchev–Trinajstić information content (AvgIpc) is 2.81. The Morgan fingerprint density at radius 2 is 2.00 bits per heavy atom. The molecule has 3 heteroatoms. The molecule has 0 aliphatic carbocycles. The fourth-order valence-electron chi connectivity index (χ4n) is 2.33. The van der Waals surface area contributed by atoms with Crippen LogP contribution in [0.3, 0.4) is 0 Å². The maximum Gasteiger partial charge on any atom is 0.124 e. The van der Waals surface area contributed by atoms with Crippen LogP contribution in [0.2, 0.25) is 0 Å². The molecular weight excluding hydrogens is 202 g/mol. The molecule has 0 amide bonds. The Bertz CT molecular complexity index is 359. The van der Waals surface area contributed by atoms with Gasteiger partial charge in [-0.1, -0.05) is 6.07 Å². The number of benzene rings is 1. The predicted octanol–water partition coefficient (Wildman–Crippen LogP) is 2.56. The number of hydrogen-bond donors (Lipinski definition) is 1. The highest BCUT2D eigenvalue weighted by Gasteiger charge is 2.21. The molecular formula is C13H19NO2.